The Balaban J connectivity index is 1.47. The number of hydrogen-bond acceptors (Lipinski definition) is 8. The van der Waals surface area contributed by atoms with Gasteiger partial charge in [-0.25, -0.2) is 4.98 Å². The van der Waals surface area contributed by atoms with Crippen LogP contribution in [-0.4, -0.2) is 65.2 Å². The predicted octanol–water partition coefficient (Wildman–Crippen LogP) is 1.64. The molecule has 9 nitrogen and oxygen atoms in total. The molecule has 3 heterocycles. The van der Waals surface area contributed by atoms with E-state index in [1.165, 1.54) is 22.2 Å². The van der Waals surface area contributed by atoms with Crippen molar-refractivity contribution in [3.8, 4) is 5.75 Å². The minimum absolute atomic E-state index is 0.115. The Hall–Kier alpha value is -2.98. The van der Waals surface area contributed by atoms with E-state index >= 15 is 0 Å². The fraction of sp³-hybridized carbons (Fsp3) is 0.400. The van der Waals surface area contributed by atoms with Gasteiger partial charge in [-0.1, -0.05) is 18.3 Å². The van der Waals surface area contributed by atoms with Gasteiger partial charge in [0.2, 0.25) is 5.91 Å². The van der Waals surface area contributed by atoms with Crippen LogP contribution < -0.4 is 20.5 Å². The zero-order valence-electron chi connectivity index (χ0n) is 17.0. The van der Waals surface area contributed by atoms with Crippen molar-refractivity contribution < 1.29 is 9.53 Å². The molecule has 4 rings (SSSR count). The van der Waals surface area contributed by atoms with Crippen LogP contribution in [0.5, 0.6) is 5.75 Å². The highest BCUT2D eigenvalue weighted by Gasteiger charge is 2.20. The second-order valence-electron chi connectivity index (χ2n) is 7.02. The molecule has 0 saturated carbocycles. The largest absolute Gasteiger partial charge is 0.497 e. The maximum atomic E-state index is 12.9. The number of anilines is 2. The van der Waals surface area contributed by atoms with Crippen LogP contribution in [0.4, 0.5) is 10.8 Å². The van der Waals surface area contributed by atoms with Crippen LogP contribution in [0.2, 0.25) is 0 Å². The number of likely N-dealkylation sites (N-methyl/N-ethyl adjacent to an activating group) is 1. The van der Waals surface area contributed by atoms with E-state index in [1.807, 2.05) is 0 Å². The van der Waals surface area contributed by atoms with E-state index in [1.54, 1.807) is 31.4 Å². The molecule has 1 aliphatic rings. The lowest BCUT2D eigenvalue weighted by molar-refractivity contribution is -0.116. The molecule has 0 spiro atoms. The molecular formula is C20H24N6O3S. The molecule has 1 N–H and O–H groups in total. The molecule has 1 aromatic carbocycles. The van der Waals surface area contributed by atoms with Crippen molar-refractivity contribution in [1.29, 1.82) is 0 Å². The first-order chi connectivity index (χ1) is 14.6. The topological polar surface area (TPSA) is 92.6 Å². The van der Waals surface area contributed by atoms with E-state index in [2.05, 4.69) is 32.0 Å². The fourth-order valence-electron chi connectivity index (χ4n) is 3.37. The molecule has 10 heteroatoms. The molecule has 3 aromatic rings. The SMILES string of the molecule is CCN1CCN(c2nc3ncn(CC(=O)Nc4ccc(OC)cc4)c(=O)c3s2)CC1. The molecule has 0 aliphatic carbocycles. The van der Waals surface area contributed by atoms with Crippen molar-refractivity contribution in [2.24, 2.45) is 0 Å². The molecule has 1 fully saturated rings. The van der Waals surface area contributed by atoms with E-state index in [-0.39, 0.29) is 18.0 Å². The van der Waals surface area contributed by atoms with Gasteiger partial charge in [0.1, 0.15) is 23.3 Å². The smallest absolute Gasteiger partial charge is 0.273 e. The standard InChI is InChI=1S/C20H24N6O3S/c1-3-24-8-10-25(11-9-24)20-23-18-17(30-20)19(28)26(13-21-18)12-16(27)22-14-4-6-15(29-2)7-5-14/h4-7,13H,3,8-12H2,1-2H3,(H,22,27). The second-order valence-corrected chi connectivity index (χ2v) is 8.00. The number of fused-ring (bicyclic) bond motifs is 1. The summed E-state index contributed by atoms with van der Waals surface area (Å²) < 4.78 is 6.90. The number of benzene rings is 1. The van der Waals surface area contributed by atoms with Crippen LogP contribution in [0.1, 0.15) is 6.92 Å². The lowest BCUT2D eigenvalue weighted by Gasteiger charge is -2.33. The van der Waals surface area contributed by atoms with Gasteiger partial charge in [-0.2, -0.15) is 4.98 Å². The van der Waals surface area contributed by atoms with Crippen molar-refractivity contribution in [3.63, 3.8) is 0 Å². The fourth-order valence-corrected chi connectivity index (χ4v) is 4.39. The summed E-state index contributed by atoms with van der Waals surface area (Å²) in [5.74, 6) is 0.403. The summed E-state index contributed by atoms with van der Waals surface area (Å²) in [6, 6.07) is 7.01. The first kappa shape index (κ1) is 20.3. The third kappa shape index (κ3) is 4.29. The summed E-state index contributed by atoms with van der Waals surface area (Å²) in [7, 11) is 1.58. The molecule has 158 valence electrons. The number of piperazine rings is 1. The lowest BCUT2D eigenvalue weighted by Crippen LogP contribution is -2.46. The normalized spacial score (nSPS) is 14.8. The van der Waals surface area contributed by atoms with E-state index in [4.69, 9.17) is 4.74 Å². The van der Waals surface area contributed by atoms with Gasteiger partial charge in [0, 0.05) is 31.9 Å². The number of aromatic nitrogens is 3. The number of thiazole rings is 1. The number of nitrogens with zero attached hydrogens (tertiary/aromatic N) is 5. The van der Waals surface area contributed by atoms with Gasteiger partial charge in [-0.15, -0.1) is 0 Å². The van der Waals surface area contributed by atoms with Crippen LogP contribution in [0, 0.1) is 0 Å². The van der Waals surface area contributed by atoms with Gasteiger partial charge in [0.15, 0.2) is 10.8 Å². The predicted molar refractivity (Wildman–Crippen MR) is 118 cm³/mol. The van der Waals surface area contributed by atoms with Crippen molar-refractivity contribution >= 4 is 38.4 Å². The Labute approximate surface area is 177 Å². The highest BCUT2D eigenvalue weighted by Crippen LogP contribution is 2.26. The minimum atomic E-state index is -0.302. The monoisotopic (exact) mass is 428 g/mol. The van der Waals surface area contributed by atoms with Crippen molar-refractivity contribution in [2.45, 2.75) is 13.5 Å². The van der Waals surface area contributed by atoms with Crippen LogP contribution in [0.25, 0.3) is 10.3 Å². The number of carbonyl (C=O) groups excluding carboxylic acids is 1. The van der Waals surface area contributed by atoms with Crippen molar-refractivity contribution in [3.05, 3.63) is 40.9 Å². The Morgan fingerprint density at radius 3 is 2.60 bits per heavy atom. The molecule has 0 radical (unpaired) electrons. The van der Waals surface area contributed by atoms with Crippen LogP contribution >= 0.6 is 11.3 Å². The number of methoxy groups -OCH3 is 1. The molecule has 30 heavy (non-hydrogen) atoms. The molecule has 2 aromatic heterocycles. The highest BCUT2D eigenvalue weighted by molar-refractivity contribution is 7.22. The third-order valence-electron chi connectivity index (χ3n) is 5.15. The van der Waals surface area contributed by atoms with Crippen LogP contribution in [-0.2, 0) is 11.3 Å². The van der Waals surface area contributed by atoms with Crippen LogP contribution in [0.3, 0.4) is 0 Å². The first-order valence-electron chi connectivity index (χ1n) is 9.84. The molecule has 0 atom stereocenters. The molecule has 1 saturated heterocycles. The molecule has 0 bridgehead atoms. The quantitative estimate of drug-likeness (QED) is 0.638. The highest BCUT2D eigenvalue weighted by atomic mass is 32.1. The zero-order chi connectivity index (χ0) is 21.1. The third-order valence-corrected chi connectivity index (χ3v) is 6.24. The number of amides is 1. The molecule has 0 unspecified atom stereocenters. The van der Waals surface area contributed by atoms with Crippen LogP contribution in [0.15, 0.2) is 35.4 Å². The summed E-state index contributed by atoms with van der Waals surface area (Å²) in [4.78, 5) is 38.7. The number of nitrogens with one attached hydrogen (secondary N) is 1. The lowest BCUT2D eigenvalue weighted by atomic mass is 10.3. The van der Waals surface area contributed by atoms with Gasteiger partial charge in [-0.05, 0) is 30.8 Å². The average molecular weight is 429 g/mol. The van der Waals surface area contributed by atoms with Gasteiger partial charge in [0.25, 0.3) is 5.56 Å². The summed E-state index contributed by atoms with van der Waals surface area (Å²) in [5.41, 5.74) is 0.819. The molecular weight excluding hydrogens is 404 g/mol. The average Bonchev–Trinajstić information content (AvgIpc) is 3.21. The summed E-state index contributed by atoms with van der Waals surface area (Å²) >= 11 is 1.34. The number of carbonyl (C=O) groups is 1. The Morgan fingerprint density at radius 2 is 1.93 bits per heavy atom. The van der Waals surface area contributed by atoms with E-state index in [0.29, 0.717) is 21.8 Å². The van der Waals surface area contributed by atoms with E-state index in [0.717, 1.165) is 37.9 Å². The Morgan fingerprint density at radius 1 is 1.20 bits per heavy atom. The van der Waals surface area contributed by atoms with Gasteiger partial charge in [0.05, 0.1) is 7.11 Å². The maximum absolute atomic E-state index is 12.9. The Bertz CT molecular complexity index is 1090. The molecule has 1 amide bonds. The minimum Gasteiger partial charge on any atom is -0.497 e. The van der Waals surface area contributed by atoms with Gasteiger partial charge < -0.3 is 19.9 Å². The van der Waals surface area contributed by atoms with Gasteiger partial charge in [-0.3, -0.25) is 14.2 Å². The van der Waals surface area contributed by atoms with Gasteiger partial charge >= 0.3 is 0 Å². The number of rotatable bonds is 6. The van der Waals surface area contributed by atoms with E-state index in [9.17, 15) is 9.59 Å². The molecule has 1 aliphatic heterocycles. The Kier molecular flexibility index (Phi) is 5.96. The first-order valence-corrected chi connectivity index (χ1v) is 10.7. The number of hydrogen-bond donors (Lipinski definition) is 1. The summed E-state index contributed by atoms with van der Waals surface area (Å²) in [6.45, 7) is 6.81. The van der Waals surface area contributed by atoms with E-state index < -0.39 is 0 Å². The second kappa shape index (κ2) is 8.80. The number of ether oxygens (including phenoxy) is 1. The van der Waals surface area contributed by atoms with Crippen molar-refractivity contribution in [2.75, 3.05) is 50.1 Å². The maximum Gasteiger partial charge on any atom is 0.273 e. The summed E-state index contributed by atoms with van der Waals surface area (Å²) in [5, 5.41) is 3.59. The van der Waals surface area contributed by atoms with Crippen molar-refractivity contribution in [1.82, 2.24) is 19.4 Å². The summed E-state index contributed by atoms with van der Waals surface area (Å²) in [6.07, 6.45) is 1.39. The zero-order valence-corrected chi connectivity index (χ0v) is 17.8.